The topological polar surface area (TPSA) is 109 Å². The third-order valence-electron chi connectivity index (χ3n) is 6.28. The number of rotatable bonds is 7. The van der Waals surface area contributed by atoms with Crippen LogP contribution in [-0.4, -0.2) is 74.6 Å². The first-order valence-electron chi connectivity index (χ1n) is 12.0. The highest BCUT2D eigenvalue weighted by Gasteiger charge is 2.41. The number of ether oxygens (including phenoxy) is 3. The van der Waals surface area contributed by atoms with Crippen molar-refractivity contribution in [3.8, 4) is 12.3 Å². The number of terminal acetylenes is 1. The van der Waals surface area contributed by atoms with E-state index in [2.05, 4.69) is 16.6 Å². The summed E-state index contributed by atoms with van der Waals surface area (Å²) in [6.45, 7) is 2.98. The van der Waals surface area contributed by atoms with Crippen LogP contribution in [0.2, 0.25) is 0 Å². The summed E-state index contributed by atoms with van der Waals surface area (Å²) in [6.07, 6.45) is 4.84. The number of hydrogen-bond acceptors (Lipinski definition) is 6. The fourth-order valence-electron chi connectivity index (χ4n) is 4.28. The molecule has 2 aliphatic rings. The summed E-state index contributed by atoms with van der Waals surface area (Å²) in [5.41, 5.74) is 2.54. The fourth-order valence-corrected chi connectivity index (χ4v) is 4.28. The maximum Gasteiger partial charge on any atom is 0.322 e. The van der Waals surface area contributed by atoms with Gasteiger partial charge in [0.1, 0.15) is 12.6 Å². The number of methoxy groups -OCH3 is 1. The summed E-state index contributed by atoms with van der Waals surface area (Å²) in [5.74, 6) is 2.08. The molecule has 3 atom stereocenters. The fraction of sp³-hybridized carbons (Fsp3) is 0.370. The first-order valence-corrected chi connectivity index (χ1v) is 12.0. The quantitative estimate of drug-likeness (QED) is 0.442. The number of amides is 4. The van der Waals surface area contributed by atoms with Crippen LogP contribution in [0.1, 0.15) is 18.9 Å². The van der Waals surface area contributed by atoms with Crippen LogP contribution in [0.4, 0.5) is 21.9 Å². The van der Waals surface area contributed by atoms with Gasteiger partial charge in [-0.15, -0.1) is 6.42 Å². The molecule has 2 saturated heterocycles. The molecule has 0 saturated carbocycles. The van der Waals surface area contributed by atoms with Crippen molar-refractivity contribution in [1.82, 2.24) is 4.90 Å². The van der Waals surface area contributed by atoms with Gasteiger partial charge in [0, 0.05) is 49.2 Å². The second kappa shape index (κ2) is 11.9. The summed E-state index contributed by atoms with van der Waals surface area (Å²) < 4.78 is 16.2. The van der Waals surface area contributed by atoms with Crippen LogP contribution in [0.25, 0.3) is 0 Å². The lowest BCUT2D eigenvalue weighted by molar-refractivity contribution is -0.140. The van der Waals surface area contributed by atoms with Crippen molar-refractivity contribution in [2.45, 2.75) is 31.8 Å². The van der Waals surface area contributed by atoms with E-state index in [1.165, 1.54) is 12.0 Å². The Morgan fingerprint density at radius 3 is 2.43 bits per heavy atom. The van der Waals surface area contributed by atoms with Crippen LogP contribution in [0, 0.1) is 12.3 Å². The number of benzene rings is 2. The van der Waals surface area contributed by atoms with Crippen molar-refractivity contribution in [2.75, 3.05) is 48.9 Å². The lowest BCUT2D eigenvalue weighted by Crippen LogP contribution is -2.45. The Bertz CT molecular complexity index is 1160. The smallest absolute Gasteiger partial charge is 0.322 e. The van der Waals surface area contributed by atoms with Gasteiger partial charge in [0.2, 0.25) is 5.91 Å². The van der Waals surface area contributed by atoms with E-state index < -0.39 is 18.4 Å². The third kappa shape index (κ3) is 6.46. The monoisotopic (exact) mass is 506 g/mol. The van der Waals surface area contributed by atoms with Crippen molar-refractivity contribution in [2.24, 2.45) is 0 Å². The maximum absolute atomic E-state index is 13.3. The van der Waals surface area contributed by atoms with E-state index in [1.807, 2.05) is 0 Å². The van der Waals surface area contributed by atoms with Crippen molar-refractivity contribution in [3.05, 3.63) is 54.1 Å². The van der Waals surface area contributed by atoms with Crippen molar-refractivity contribution in [1.29, 1.82) is 0 Å². The Morgan fingerprint density at radius 2 is 1.78 bits per heavy atom. The van der Waals surface area contributed by atoms with Crippen LogP contribution in [0.5, 0.6) is 0 Å². The largest absolute Gasteiger partial charge is 0.370 e. The lowest BCUT2D eigenvalue weighted by atomic mass is 10.1. The Kier molecular flexibility index (Phi) is 8.40. The van der Waals surface area contributed by atoms with Gasteiger partial charge in [-0.1, -0.05) is 5.92 Å². The van der Waals surface area contributed by atoms with E-state index in [1.54, 1.807) is 60.4 Å². The minimum absolute atomic E-state index is 0.0526. The second-order valence-electron chi connectivity index (χ2n) is 8.75. The number of carbonyl (C=O) groups is 3. The van der Waals surface area contributed by atoms with Gasteiger partial charge >= 0.3 is 6.03 Å². The highest BCUT2D eigenvalue weighted by Crippen LogP contribution is 2.26. The predicted octanol–water partition coefficient (Wildman–Crippen LogP) is 2.65. The molecular weight excluding hydrogens is 476 g/mol. The highest BCUT2D eigenvalue weighted by molar-refractivity contribution is 6.00. The molecule has 37 heavy (non-hydrogen) atoms. The first-order chi connectivity index (χ1) is 17.9. The van der Waals surface area contributed by atoms with E-state index in [0.29, 0.717) is 36.5 Å². The normalized spacial score (nSPS) is 20.3. The van der Waals surface area contributed by atoms with Gasteiger partial charge < -0.3 is 34.6 Å². The second-order valence-corrected chi connectivity index (χ2v) is 8.75. The lowest BCUT2D eigenvalue weighted by Gasteiger charge is -2.27. The molecule has 10 nitrogen and oxygen atoms in total. The average molecular weight is 507 g/mol. The van der Waals surface area contributed by atoms with Gasteiger partial charge in [0.15, 0.2) is 6.29 Å². The average Bonchev–Trinajstić information content (AvgIpc) is 3.34. The first kappa shape index (κ1) is 26.2. The molecular formula is C27H30N4O6. The Hall–Kier alpha value is -3.91. The molecule has 3 unspecified atom stereocenters. The minimum Gasteiger partial charge on any atom is -0.370 e. The molecule has 2 aliphatic heterocycles. The number of nitrogens with zero attached hydrogens (tertiary/aromatic N) is 2. The molecule has 2 N–H and O–H groups in total. The summed E-state index contributed by atoms with van der Waals surface area (Å²) in [6, 6.07) is 12.7. The highest BCUT2D eigenvalue weighted by atomic mass is 16.7. The van der Waals surface area contributed by atoms with Crippen molar-refractivity contribution >= 4 is 34.9 Å². The summed E-state index contributed by atoms with van der Waals surface area (Å²) in [4.78, 5) is 41.6. The molecule has 0 bridgehead atoms. The van der Waals surface area contributed by atoms with Gasteiger partial charge in [-0.3, -0.25) is 9.59 Å². The number of anilines is 3. The SMILES string of the molecule is C#Cc1ccc(NC(=O)N2CC(OC(C)OC)CC2C(=O)Nc2ccc(N3CCOCC3=O)cc2)cc1. The van der Waals surface area contributed by atoms with Crippen molar-refractivity contribution < 1.29 is 28.6 Å². The van der Waals surface area contributed by atoms with Gasteiger partial charge in [-0.2, -0.15) is 0 Å². The number of urea groups is 1. The van der Waals surface area contributed by atoms with E-state index in [-0.39, 0.29) is 31.1 Å². The summed E-state index contributed by atoms with van der Waals surface area (Å²) in [7, 11) is 1.53. The van der Waals surface area contributed by atoms with Crippen LogP contribution < -0.4 is 15.5 Å². The Morgan fingerprint density at radius 1 is 1.11 bits per heavy atom. The molecule has 0 aromatic heterocycles. The standard InChI is InChI=1S/C27H30N4O6/c1-4-19-5-7-21(8-6-19)29-27(34)31-16-23(37-18(2)35-3)15-24(31)26(33)28-20-9-11-22(12-10-20)30-13-14-36-17-25(30)32/h1,5-12,18,23-24H,13-17H2,2-3H3,(H,28,33)(H,29,34). The van der Waals surface area contributed by atoms with Crippen molar-refractivity contribution in [3.63, 3.8) is 0 Å². The van der Waals surface area contributed by atoms with Gasteiger partial charge in [-0.05, 0) is 55.5 Å². The molecule has 2 aromatic rings. The molecule has 0 aliphatic carbocycles. The molecule has 0 spiro atoms. The van der Waals surface area contributed by atoms with Crippen LogP contribution in [-0.2, 0) is 23.8 Å². The van der Waals surface area contributed by atoms with E-state index in [9.17, 15) is 14.4 Å². The van der Waals surface area contributed by atoms with E-state index in [0.717, 1.165) is 5.69 Å². The number of nitrogens with one attached hydrogen (secondary N) is 2. The zero-order chi connectivity index (χ0) is 26.4. The van der Waals surface area contributed by atoms with Crippen LogP contribution in [0.15, 0.2) is 48.5 Å². The van der Waals surface area contributed by atoms with E-state index >= 15 is 0 Å². The summed E-state index contributed by atoms with van der Waals surface area (Å²) >= 11 is 0. The third-order valence-corrected chi connectivity index (χ3v) is 6.28. The molecule has 2 fully saturated rings. The zero-order valence-corrected chi connectivity index (χ0v) is 20.8. The van der Waals surface area contributed by atoms with Gasteiger partial charge in [0.05, 0.1) is 12.7 Å². The molecule has 2 aromatic carbocycles. The van der Waals surface area contributed by atoms with Gasteiger partial charge in [-0.25, -0.2) is 4.79 Å². The molecule has 4 rings (SSSR count). The van der Waals surface area contributed by atoms with Crippen LogP contribution in [0.3, 0.4) is 0 Å². The van der Waals surface area contributed by atoms with E-state index in [4.69, 9.17) is 20.6 Å². The number of likely N-dealkylation sites (tertiary alicyclic amines) is 1. The Balaban J connectivity index is 1.45. The molecule has 194 valence electrons. The number of hydrogen-bond donors (Lipinski definition) is 2. The molecule has 2 heterocycles. The zero-order valence-electron chi connectivity index (χ0n) is 20.8. The Labute approximate surface area is 215 Å². The predicted molar refractivity (Wildman–Crippen MR) is 138 cm³/mol. The molecule has 10 heteroatoms. The number of carbonyl (C=O) groups excluding carboxylic acids is 3. The molecule has 0 radical (unpaired) electrons. The minimum atomic E-state index is -0.764. The maximum atomic E-state index is 13.3. The summed E-state index contributed by atoms with van der Waals surface area (Å²) in [5, 5.41) is 5.70. The van der Waals surface area contributed by atoms with Crippen LogP contribution >= 0.6 is 0 Å². The number of morpholine rings is 1. The molecule has 4 amide bonds. The van der Waals surface area contributed by atoms with Gasteiger partial charge in [0.25, 0.3) is 5.91 Å².